The van der Waals surface area contributed by atoms with Gasteiger partial charge in [-0.25, -0.2) is 14.0 Å². The topological polar surface area (TPSA) is 83.8 Å². The van der Waals surface area contributed by atoms with E-state index in [2.05, 4.69) is 0 Å². The molecule has 0 amide bonds. The molecule has 1 aromatic carbocycles. The zero-order chi connectivity index (χ0) is 12.1. The summed E-state index contributed by atoms with van der Waals surface area (Å²) in [5, 5.41) is 17.0. The fourth-order valence-electron chi connectivity index (χ4n) is 0.877. The van der Waals surface area contributed by atoms with Crippen molar-refractivity contribution in [1.29, 1.82) is 0 Å². The second-order valence-electron chi connectivity index (χ2n) is 2.71. The van der Waals surface area contributed by atoms with Crippen molar-refractivity contribution in [2.24, 2.45) is 0 Å². The molecule has 0 fully saturated rings. The van der Waals surface area contributed by atoms with E-state index in [-0.39, 0.29) is 5.75 Å². The molecular weight excluding hydrogens is 219 g/mol. The zero-order valence-electron chi connectivity index (χ0n) is 7.88. The normalized spacial score (nSPS) is 10.9. The summed E-state index contributed by atoms with van der Waals surface area (Å²) in [6.45, 7) is 0. The summed E-state index contributed by atoms with van der Waals surface area (Å²) in [6, 6.07) is 4.51. The quantitative estimate of drug-likeness (QED) is 0.596. The molecule has 0 atom stereocenters. The van der Waals surface area contributed by atoms with Crippen LogP contribution < -0.4 is 4.74 Å². The third kappa shape index (κ3) is 3.41. The van der Waals surface area contributed by atoms with Crippen molar-refractivity contribution in [2.45, 2.75) is 0 Å². The Labute approximate surface area is 89.4 Å². The molecule has 0 spiro atoms. The Morgan fingerprint density at radius 3 is 2.19 bits per heavy atom. The van der Waals surface area contributed by atoms with Gasteiger partial charge in [0.2, 0.25) is 5.76 Å². The number of carboxylic acid groups (broad SMARTS) is 2. The fraction of sp³-hybridized carbons (Fsp3) is 0. The van der Waals surface area contributed by atoms with Gasteiger partial charge in [0.25, 0.3) is 0 Å². The average molecular weight is 226 g/mol. The number of carbonyl (C=O) groups is 2. The number of rotatable bonds is 4. The number of hydrogen-bond acceptors (Lipinski definition) is 3. The second kappa shape index (κ2) is 4.92. The maximum atomic E-state index is 12.5. The first kappa shape index (κ1) is 11.7. The summed E-state index contributed by atoms with van der Waals surface area (Å²) in [5.41, 5.74) is 0. The van der Waals surface area contributed by atoms with Gasteiger partial charge in [0.15, 0.2) is 0 Å². The average Bonchev–Trinajstić information content (AvgIpc) is 2.19. The van der Waals surface area contributed by atoms with Crippen LogP contribution in [0.2, 0.25) is 0 Å². The van der Waals surface area contributed by atoms with Gasteiger partial charge in [-0.2, -0.15) is 0 Å². The first-order chi connectivity index (χ1) is 7.49. The maximum Gasteiger partial charge on any atom is 0.372 e. The van der Waals surface area contributed by atoms with Crippen molar-refractivity contribution in [1.82, 2.24) is 0 Å². The van der Waals surface area contributed by atoms with E-state index in [0.717, 1.165) is 12.1 Å². The summed E-state index contributed by atoms with van der Waals surface area (Å²) in [5.74, 6) is -4.19. The van der Waals surface area contributed by atoms with Crippen LogP contribution in [-0.2, 0) is 9.59 Å². The van der Waals surface area contributed by atoms with Crippen molar-refractivity contribution in [3.8, 4) is 5.75 Å². The van der Waals surface area contributed by atoms with Crippen LogP contribution in [0.15, 0.2) is 36.1 Å². The standard InChI is InChI=1S/C10H7FO5/c11-6-1-3-7(4-2-6)16-8(10(14)15)5-9(12)13/h1-5H,(H,12,13)(H,14,15). The third-order valence-electron chi connectivity index (χ3n) is 1.51. The lowest BCUT2D eigenvalue weighted by Gasteiger charge is -2.04. The number of benzene rings is 1. The lowest BCUT2D eigenvalue weighted by molar-refractivity contribution is -0.137. The van der Waals surface area contributed by atoms with E-state index < -0.39 is 23.5 Å². The molecule has 0 aliphatic rings. The van der Waals surface area contributed by atoms with Crippen LogP contribution in [-0.4, -0.2) is 22.2 Å². The van der Waals surface area contributed by atoms with Crippen LogP contribution >= 0.6 is 0 Å². The number of hydrogen-bond donors (Lipinski definition) is 2. The Balaban J connectivity index is 2.88. The van der Waals surface area contributed by atoms with Crippen molar-refractivity contribution in [3.63, 3.8) is 0 Å². The predicted octanol–water partition coefficient (Wildman–Crippen LogP) is 1.26. The Hall–Kier alpha value is -2.37. The van der Waals surface area contributed by atoms with Crippen LogP contribution in [0, 0.1) is 5.82 Å². The van der Waals surface area contributed by atoms with Crippen LogP contribution in [0.3, 0.4) is 0 Å². The Morgan fingerprint density at radius 1 is 1.19 bits per heavy atom. The molecule has 0 radical (unpaired) electrons. The molecule has 1 rings (SSSR count). The van der Waals surface area contributed by atoms with Gasteiger partial charge in [0.05, 0.1) is 6.08 Å². The minimum Gasteiger partial charge on any atom is -0.478 e. The number of halogens is 1. The highest BCUT2D eigenvalue weighted by molar-refractivity contribution is 5.93. The maximum absolute atomic E-state index is 12.5. The minimum absolute atomic E-state index is 0.0382. The van der Waals surface area contributed by atoms with Gasteiger partial charge < -0.3 is 14.9 Å². The van der Waals surface area contributed by atoms with E-state index in [4.69, 9.17) is 14.9 Å². The Morgan fingerprint density at radius 2 is 1.75 bits per heavy atom. The lowest BCUT2D eigenvalue weighted by atomic mass is 10.3. The summed E-state index contributed by atoms with van der Waals surface area (Å²) in [4.78, 5) is 20.9. The van der Waals surface area contributed by atoms with E-state index in [9.17, 15) is 14.0 Å². The summed E-state index contributed by atoms with van der Waals surface area (Å²) in [7, 11) is 0. The molecule has 0 aromatic heterocycles. The van der Waals surface area contributed by atoms with Gasteiger partial charge in [-0.15, -0.1) is 0 Å². The highest BCUT2D eigenvalue weighted by Crippen LogP contribution is 2.14. The van der Waals surface area contributed by atoms with Gasteiger partial charge in [-0.1, -0.05) is 0 Å². The monoisotopic (exact) mass is 226 g/mol. The van der Waals surface area contributed by atoms with Gasteiger partial charge in [0, 0.05) is 0 Å². The third-order valence-corrected chi connectivity index (χ3v) is 1.51. The second-order valence-corrected chi connectivity index (χ2v) is 2.71. The van der Waals surface area contributed by atoms with Gasteiger partial charge in [-0.05, 0) is 24.3 Å². The molecule has 0 saturated carbocycles. The molecule has 5 nitrogen and oxygen atoms in total. The summed E-state index contributed by atoms with van der Waals surface area (Å²) < 4.78 is 17.3. The van der Waals surface area contributed by atoms with Crippen LogP contribution in [0.25, 0.3) is 0 Å². The van der Waals surface area contributed by atoms with Gasteiger partial charge in [0.1, 0.15) is 11.6 Å². The van der Waals surface area contributed by atoms with Crippen molar-refractivity contribution < 1.29 is 28.9 Å². The molecule has 16 heavy (non-hydrogen) atoms. The van der Waals surface area contributed by atoms with E-state index in [1.807, 2.05) is 0 Å². The molecule has 0 saturated heterocycles. The van der Waals surface area contributed by atoms with E-state index >= 15 is 0 Å². The molecule has 0 heterocycles. The molecule has 1 aromatic rings. The van der Waals surface area contributed by atoms with E-state index in [0.29, 0.717) is 6.08 Å². The summed E-state index contributed by atoms with van der Waals surface area (Å²) in [6.07, 6.45) is 0.408. The zero-order valence-corrected chi connectivity index (χ0v) is 7.88. The number of ether oxygens (including phenoxy) is 1. The highest BCUT2D eigenvalue weighted by atomic mass is 19.1. The predicted molar refractivity (Wildman–Crippen MR) is 50.4 cm³/mol. The molecule has 84 valence electrons. The SMILES string of the molecule is O=C(O)C=C(Oc1ccc(F)cc1)C(=O)O. The van der Waals surface area contributed by atoms with Crippen molar-refractivity contribution in [2.75, 3.05) is 0 Å². The number of aliphatic carboxylic acids is 2. The largest absolute Gasteiger partial charge is 0.478 e. The fourth-order valence-corrected chi connectivity index (χ4v) is 0.877. The molecule has 0 bridgehead atoms. The van der Waals surface area contributed by atoms with Crippen LogP contribution in [0.4, 0.5) is 4.39 Å². The molecule has 2 N–H and O–H groups in total. The lowest BCUT2D eigenvalue weighted by Crippen LogP contribution is -2.10. The smallest absolute Gasteiger partial charge is 0.372 e. The van der Waals surface area contributed by atoms with Crippen LogP contribution in [0.1, 0.15) is 0 Å². The first-order valence-corrected chi connectivity index (χ1v) is 4.10. The summed E-state index contributed by atoms with van der Waals surface area (Å²) >= 11 is 0. The molecule has 6 heteroatoms. The van der Waals surface area contributed by atoms with Gasteiger partial charge in [-0.3, -0.25) is 0 Å². The molecule has 0 aliphatic carbocycles. The van der Waals surface area contributed by atoms with E-state index in [1.165, 1.54) is 12.1 Å². The van der Waals surface area contributed by atoms with E-state index in [1.54, 1.807) is 0 Å². The molecule has 0 unspecified atom stereocenters. The highest BCUT2D eigenvalue weighted by Gasteiger charge is 2.12. The Bertz CT molecular complexity index is 435. The van der Waals surface area contributed by atoms with Gasteiger partial charge >= 0.3 is 11.9 Å². The molecule has 0 aliphatic heterocycles. The minimum atomic E-state index is -1.52. The van der Waals surface area contributed by atoms with Crippen molar-refractivity contribution >= 4 is 11.9 Å². The Kier molecular flexibility index (Phi) is 3.60. The first-order valence-electron chi connectivity index (χ1n) is 4.10. The van der Waals surface area contributed by atoms with Crippen molar-refractivity contribution in [3.05, 3.63) is 41.9 Å². The number of carboxylic acids is 2. The van der Waals surface area contributed by atoms with Crippen LogP contribution in [0.5, 0.6) is 5.75 Å². The molecular formula is C10H7FO5.